The molecule has 4 fully saturated rings. The van der Waals surface area contributed by atoms with E-state index in [1.165, 1.54) is 25.6 Å². The highest BCUT2D eigenvalue weighted by molar-refractivity contribution is 6.23. The van der Waals surface area contributed by atoms with E-state index in [0.717, 1.165) is 68.0 Å². The number of fused-ring (bicyclic) bond motifs is 2. The number of piperidine rings is 1. The first-order valence-electron chi connectivity index (χ1n) is 21.3. The van der Waals surface area contributed by atoms with Crippen LogP contribution in [0.5, 0.6) is 17.2 Å². The third kappa shape index (κ3) is 7.16. The van der Waals surface area contributed by atoms with Crippen LogP contribution >= 0.6 is 0 Å². The summed E-state index contributed by atoms with van der Waals surface area (Å²) >= 11 is 0. The SMILES string of the molecule is COc1cccc(Oc2ccc(-c3nn(C4CCC(C(=O)N5CCN(C6CN(c7ccc8c(c7)C(=O)N(C7CCC(=O)NC7=O)C8=O)C6)CC5)CC4)c4ncnc(N)c34)cc2)c1F. The summed E-state index contributed by atoms with van der Waals surface area (Å²) in [6.45, 7) is 4.35. The number of amides is 5. The Kier molecular flexibility index (Phi) is 10.2. The molecule has 5 aliphatic rings. The molecule has 3 N–H and O–H groups in total. The number of rotatable bonds is 9. The summed E-state index contributed by atoms with van der Waals surface area (Å²) in [6.07, 6.45) is 4.59. The number of nitrogen functional groups attached to an aromatic ring is 1. The van der Waals surface area contributed by atoms with Crippen molar-refractivity contribution < 1.29 is 37.8 Å². The van der Waals surface area contributed by atoms with E-state index in [1.807, 2.05) is 27.8 Å². The summed E-state index contributed by atoms with van der Waals surface area (Å²) < 4.78 is 27.5. The molecule has 17 nitrogen and oxygen atoms in total. The lowest BCUT2D eigenvalue weighted by Gasteiger charge is -2.49. The molecular formula is C45H45FN10O7. The highest BCUT2D eigenvalue weighted by Gasteiger charge is 2.45. The maximum atomic E-state index is 14.7. The van der Waals surface area contributed by atoms with Gasteiger partial charge in [-0.1, -0.05) is 6.07 Å². The largest absolute Gasteiger partial charge is 0.494 e. The van der Waals surface area contributed by atoms with Crippen molar-refractivity contribution in [2.24, 2.45) is 5.92 Å². The number of nitrogens with two attached hydrogens (primary N) is 1. The van der Waals surface area contributed by atoms with Gasteiger partial charge >= 0.3 is 0 Å². The fourth-order valence-electron chi connectivity index (χ4n) is 9.67. The van der Waals surface area contributed by atoms with Crippen LogP contribution in [0.15, 0.2) is 67.0 Å². The number of hydrogen-bond donors (Lipinski definition) is 2. The van der Waals surface area contributed by atoms with Crippen LogP contribution in [0.2, 0.25) is 0 Å². The number of benzene rings is 3. The second-order valence-electron chi connectivity index (χ2n) is 16.8. The third-order valence-electron chi connectivity index (χ3n) is 13.2. The summed E-state index contributed by atoms with van der Waals surface area (Å²) in [5, 5.41) is 7.90. The van der Waals surface area contributed by atoms with Gasteiger partial charge in [0.05, 0.1) is 29.7 Å². The van der Waals surface area contributed by atoms with Crippen molar-refractivity contribution in [3.8, 4) is 28.5 Å². The molecule has 3 aromatic carbocycles. The first kappa shape index (κ1) is 40.1. The number of methoxy groups -OCH3 is 1. The Bertz CT molecular complexity index is 2670. The fourth-order valence-corrected chi connectivity index (χ4v) is 9.67. The average molecular weight is 857 g/mol. The predicted molar refractivity (Wildman–Crippen MR) is 226 cm³/mol. The second kappa shape index (κ2) is 16.1. The molecule has 5 aromatic rings. The topological polar surface area (TPSA) is 198 Å². The Labute approximate surface area is 360 Å². The predicted octanol–water partition coefficient (Wildman–Crippen LogP) is 4.18. The van der Waals surface area contributed by atoms with Crippen LogP contribution in [0.3, 0.4) is 0 Å². The lowest BCUT2D eigenvalue weighted by atomic mass is 9.85. The van der Waals surface area contributed by atoms with Crippen LogP contribution in [0, 0.1) is 11.7 Å². The van der Waals surface area contributed by atoms with Crippen LogP contribution in [0.1, 0.15) is 65.3 Å². The summed E-state index contributed by atoms with van der Waals surface area (Å²) in [5.41, 5.74) is 9.81. The molecule has 0 radical (unpaired) electrons. The second-order valence-corrected chi connectivity index (χ2v) is 16.8. The molecule has 63 heavy (non-hydrogen) atoms. The number of carbonyl (C=O) groups excluding carboxylic acids is 5. The summed E-state index contributed by atoms with van der Waals surface area (Å²) in [7, 11) is 1.40. The van der Waals surface area contributed by atoms with E-state index in [1.54, 1.807) is 30.3 Å². The first-order valence-corrected chi connectivity index (χ1v) is 21.3. The molecule has 324 valence electrons. The van der Waals surface area contributed by atoms with Gasteiger partial charge in [0.1, 0.15) is 29.6 Å². The number of aromatic nitrogens is 4. The van der Waals surface area contributed by atoms with Gasteiger partial charge in [-0.25, -0.2) is 14.6 Å². The number of halogens is 1. The van der Waals surface area contributed by atoms with Crippen molar-refractivity contribution in [1.82, 2.24) is 39.8 Å². The molecule has 2 aromatic heterocycles. The van der Waals surface area contributed by atoms with E-state index >= 15 is 0 Å². The third-order valence-corrected chi connectivity index (χ3v) is 13.2. The molecule has 1 unspecified atom stereocenters. The molecular weight excluding hydrogens is 812 g/mol. The standard InChI is InChI=1S/C45H45FN10O7/c1-62-34-3-2-4-35(38(34)46)63-30-12-7-25(8-13-30)39-37-40(47)48-24-49-41(37)56(51-39)27-9-5-26(6-10-27)43(59)53-19-17-52(18-20-53)29-22-54(23-29)28-11-14-31-32(21-28)45(61)55(44(31)60)33-15-16-36(57)50-42(33)58/h2-4,7-8,11-14,21,24,26-27,29,33H,5-6,9-10,15-20,22-23H2,1H3,(H2,47,48,49)(H,50,57,58). The maximum Gasteiger partial charge on any atom is 0.262 e. The van der Waals surface area contributed by atoms with Crippen LogP contribution in [-0.4, -0.2) is 122 Å². The van der Waals surface area contributed by atoms with E-state index in [9.17, 15) is 28.4 Å². The van der Waals surface area contributed by atoms with Gasteiger partial charge in [0.15, 0.2) is 17.1 Å². The van der Waals surface area contributed by atoms with Crippen molar-refractivity contribution in [3.05, 3.63) is 83.9 Å². The van der Waals surface area contributed by atoms with Crippen molar-refractivity contribution in [2.45, 2.75) is 56.7 Å². The molecule has 10 rings (SSSR count). The normalized spacial score (nSPS) is 22.0. The van der Waals surface area contributed by atoms with Crippen molar-refractivity contribution in [3.63, 3.8) is 0 Å². The molecule has 18 heteroatoms. The fraction of sp³-hybridized carbons (Fsp3) is 0.378. The highest BCUT2D eigenvalue weighted by atomic mass is 19.1. The molecule has 3 saturated heterocycles. The minimum atomic E-state index is -0.999. The summed E-state index contributed by atoms with van der Waals surface area (Å²) in [5.74, 6) is -1.64. The van der Waals surface area contributed by atoms with E-state index in [4.69, 9.17) is 20.3 Å². The van der Waals surface area contributed by atoms with Crippen LogP contribution in [0.25, 0.3) is 22.3 Å². The highest BCUT2D eigenvalue weighted by Crippen LogP contribution is 2.40. The smallest absolute Gasteiger partial charge is 0.262 e. The van der Waals surface area contributed by atoms with Gasteiger partial charge in [0.25, 0.3) is 11.8 Å². The van der Waals surface area contributed by atoms with Gasteiger partial charge in [-0.3, -0.25) is 39.1 Å². The molecule has 5 amide bonds. The number of nitrogens with zero attached hydrogens (tertiary/aromatic N) is 8. The molecule has 4 aliphatic heterocycles. The Morgan fingerprint density at radius 2 is 1.57 bits per heavy atom. The van der Waals surface area contributed by atoms with Gasteiger partial charge in [-0.05, 0) is 86.7 Å². The molecule has 1 saturated carbocycles. The molecule has 6 heterocycles. The number of imide groups is 2. The van der Waals surface area contributed by atoms with Crippen molar-refractivity contribution in [2.75, 3.05) is 57.0 Å². The average Bonchev–Trinajstić information content (AvgIpc) is 3.79. The molecule has 0 bridgehead atoms. The minimum absolute atomic E-state index is 0.0187. The maximum absolute atomic E-state index is 14.7. The van der Waals surface area contributed by atoms with Crippen molar-refractivity contribution in [1.29, 1.82) is 0 Å². The molecule has 0 spiro atoms. The lowest BCUT2D eigenvalue weighted by Crippen LogP contribution is -2.63. The number of hydrogen-bond acceptors (Lipinski definition) is 13. The Morgan fingerprint density at radius 3 is 2.30 bits per heavy atom. The quantitative estimate of drug-likeness (QED) is 0.201. The van der Waals surface area contributed by atoms with E-state index < -0.39 is 35.5 Å². The van der Waals surface area contributed by atoms with Crippen LogP contribution < -0.4 is 25.4 Å². The minimum Gasteiger partial charge on any atom is -0.494 e. The Hall–Kier alpha value is -6.95. The number of ether oxygens (including phenoxy) is 2. The van der Waals surface area contributed by atoms with Gasteiger partial charge in [-0.15, -0.1) is 0 Å². The lowest BCUT2D eigenvalue weighted by molar-refractivity contribution is -0.139. The van der Waals surface area contributed by atoms with Crippen LogP contribution in [0.4, 0.5) is 15.9 Å². The van der Waals surface area contributed by atoms with Gasteiger partial charge in [0, 0.05) is 68.9 Å². The van der Waals surface area contributed by atoms with Gasteiger partial charge < -0.3 is 25.0 Å². The van der Waals surface area contributed by atoms with Gasteiger partial charge in [-0.2, -0.15) is 9.49 Å². The zero-order valence-electron chi connectivity index (χ0n) is 34.5. The molecule has 1 aliphatic carbocycles. The van der Waals surface area contributed by atoms with E-state index in [0.29, 0.717) is 47.4 Å². The Morgan fingerprint density at radius 1 is 0.841 bits per heavy atom. The summed E-state index contributed by atoms with van der Waals surface area (Å²) in [6, 6.07) is 16.4. The number of carbonyl (C=O) groups is 5. The Balaban J connectivity index is 0.726. The zero-order chi connectivity index (χ0) is 43.5. The summed E-state index contributed by atoms with van der Waals surface area (Å²) in [4.78, 5) is 80.8. The monoisotopic (exact) mass is 856 g/mol. The number of piperazine rings is 1. The first-order chi connectivity index (χ1) is 30.6. The van der Waals surface area contributed by atoms with E-state index in [2.05, 4.69) is 25.1 Å². The van der Waals surface area contributed by atoms with Crippen LogP contribution in [-0.2, 0) is 14.4 Å². The molecule has 1 atom stereocenters. The number of anilines is 2. The zero-order valence-corrected chi connectivity index (χ0v) is 34.5. The van der Waals surface area contributed by atoms with Gasteiger partial charge in [0.2, 0.25) is 23.5 Å². The van der Waals surface area contributed by atoms with E-state index in [-0.39, 0.29) is 53.3 Å². The van der Waals surface area contributed by atoms with Crippen molar-refractivity contribution >= 4 is 52.1 Å². The number of nitrogens with one attached hydrogen (secondary N) is 1.